The summed E-state index contributed by atoms with van der Waals surface area (Å²) in [7, 11) is 0. The molecule has 2 saturated heterocycles. The van der Waals surface area contributed by atoms with Gasteiger partial charge in [0.1, 0.15) is 0 Å². The van der Waals surface area contributed by atoms with Crippen LogP contribution in [0.2, 0.25) is 0 Å². The molecule has 0 aromatic heterocycles. The van der Waals surface area contributed by atoms with E-state index in [9.17, 15) is 4.79 Å². The Labute approximate surface area is 84.8 Å². The van der Waals surface area contributed by atoms with E-state index in [2.05, 4.69) is 11.3 Å². The summed E-state index contributed by atoms with van der Waals surface area (Å²) in [6.45, 7) is 4.35. The van der Waals surface area contributed by atoms with Crippen LogP contribution in [-0.2, 0) is 9.53 Å². The Bertz CT molecular complexity index is 193. The molecule has 1 radical (unpaired) electrons. The van der Waals surface area contributed by atoms with Gasteiger partial charge < -0.3 is 9.64 Å². The highest BCUT2D eigenvalue weighted by Gasteiger charge is 2.28. The molecule has 2 rings (SSSR count). The van der Waals surface area contributed by atoms with Gasteiger partial charge in [-0.25, -0.2) is 0 Å². The first-order valence-electron chi connectivity index (χ1n) is 5.38. The van der Waals surface area contributed by atoms with Crippen LogP contribution in [0.15, 0.2) is 0 Å². The van der Waals surface area contributed by atoms with Crippen molar-refractivity contribution in [3.8, 4) is 0 Å². The molecule has 0 N–H and O–H groups in total. The molecule has 14 heavy (non-hydrogen) atoms. The molecule has 1 amide bonds. The summed E-state index contributed by atoms with van der Waals surface area (Å²) >= 11 is 0. The zero-order chi connectivity index (χ0) is 9.80. The summed E-state index contributed by atoms with van der Waals surface area (Å²) in [6, 6.07) is 0. The molecule has 2 fully saturated rings. The zero-order valence-corrected chi connectivity index (χ0v) is 8.45. The molecule has 4 heteroatoms. The third kappa shape index (κ3) is 2.07. The molecule has 0 bridgehead atoms. The fourth-order valence-electron chi connectivity index (χ4n) is 2.28. The summed E-state index contributed by atoms with van der Waals surface area (Å²) in [6.07, 6.45) is 5.77. The number of rotatable bonds is 2. The first-order chi connectivity index (χ1) is 6.92. The molecule has 2 aliphatic rings. The number of nitrogens with zero attached hydrogens (tertiary/aromatic N) is 2. The highest BCUT2D eigenvalue weighted by Crippen LogP contribution is 2.19. The highest BCUT2D eigenvalue weighted by atomic mass is 16.5. The van der Waals surface area contributed by atoms with E-state index in [0.717, 1.165) is 45.7 Å². The van der Waals surface area contributed by atoms with Gasteiger partial charge in [0.15, 0.2) is 0 Å². The molecule has 0 aromatic rings. The number of hydrogen-bond donors (Lipinski definition) is 0. The third-order valence-corrected chi connectivity index (χ3v) is 3.06. The maximum Gasteiger partial charge on any atom is 0.313 e. The van der Waals surface area contributed by atoms with E-state index in [4.69, 9.17) is 4.74 Å². The minimum atomic E-state index is 0.283. The third-order valence-electron chi connectivity index (χ3n) is 3.06. The lowest BCUT2D eigenvalue weighted by atomic mass is 10.1. The van der Waals surface area contributed by atoms with E-state index >= 15 is 0 Å². The molecule has 1 unspecified atom stereocenters. The van der Waals surface area contributed by atoms with Gasteiger partial charge in [-0.2, -0.15) is 0 Å². The van der Waals surface area contributed by atoms with Crippen LogP contribution >= 0.6 is 0 Å². The van der Waals surface area contributed by atoms with Crippen LogP contribution in [-0.4, -0.2) is 55.2 Å². The average molecular weight is 197 g/mol. The Kier molecular flexibility index (Phi) is 3.37. The molecule has 2 aliphatic heterocycles. The van der Waals surface area contributed by atoms with Crippen molar-refractivity contribution in [2.45, 2.75) is 25.4 Å². The van der Waals surface area contributed by atoms with Gasteiger partial charge in [0, 0.05) is 19.6 Å². The van der Waals surface area contributed by atoms with E-state index in [0.29, 0.717) is 0 Å². The summed E-state index contributed by atoms with van der Waals surface area (Å²) < 4.78 is 5.30. The van der Waals surface area contributed by atoms with Crippen LogP contribution in [0, 0.1) is 0 Å². The SMILES string of the molecule is O=[C]N1CCCCC1N1CCOCC1. The summed E-state index contributed by atoms with van der Waals surface area (Å²) in [5.41, 5.74) is 0. The monoisotopic (exact) mass is 197 g/mol. The number of morpholine rings is 1. The van der Waals surface area contributed by atoms with E-state index in [1.807, 2.05) is 4.90 Å². The molecule has 0 aliphatic carbocycles. The maximum atomic E-state index is 10.8. The second-order valence-electron chi connectivity index (χ2n) is 3.91. The van der Waals surface area contributed by atoms with Gasteiger partial charge in [-0.15, -0.1) is 0 Å². The van der Waals surface area contributed by atoms with Crippen molar-refractivity contribution >= 4 is 6.41 Å². The minimum absolute atomic E-state index is 0.283. The van der Waals surface area contributed by atoms with Crippen LogP contribution in [0.5, 0.6) is 0 Å². The van der Waals surface area contributed by atoms with E-state index in [1.54, 1.807) is 0 Å². The summed E-state index contributed by atoms with van der Waals surface area (Å²) in [5, 5.41) is 0. The van der Waals surface area contributed by atoms with Gasteiger partial charge in [-0.05, 0) is 19.3 Å². The lowest BCUT2D eigenvalue weighted by Gasteiger charge is -2.41. The second-order valence-corrected chi connectivity index (χ2v) is 3.91. The molecule has 0 spiro atoms. The number of hydrogen-bond acceptors (Lipinski definition) is 3. The van der Waals surface area contributed by atoms with Crippen molar-refractivity contribution in [2.75, 3.05) is 32.8 Å². The molecular formula is C10H17N2O2. The van der Waals surface area contributed by atoms with Crippen LogP contribution < -0.4 is 0 Å². The fraction of sp³-hybridized carbons (Fsp3) is 0.900. The Morgan fingerprint density at radius 3 is 2.64 bits per heavy atom. The molecular weight excluding hydrogens is 180 g/mol. The summed E-state index contributed by atoms with van der Waals surface area (Å²) in [4.78, 5) is 14.9. The standard InChI is InChI=1S/C10H17N2O2/c13-9-12-4-2-1-3-10(12)11-5-7-14-8-6-11/h10H,1-8H2. The molecule has 0 saturated carbocycles. The smallest absolute Gasteiger partial charge is 0.313 e. The minimum Gasteiger partial charge on any atom is -0.379 e. The fourth-order valence-corrected chi connectivity index (χ4v) is 2.28. The first-order valence-corrected chi connectivity index (χ1v) is 5.38. The number of amides is 1. The largest absolute Gasteiger partial charge is 0.379 e. The van der Waals surface area contributed by atoms with Crippen molar-refractivity contribution in [1.29, 1.82) is 0 Å². The van der Waals surface area contributed by atoms with E-state index in [-0.39, 0.29) is 6.17 Å². The number of piperidine rings is 1. The Morgan fingerprint density at radius 2 is 1.93 bits per heavy atom. The molecule has 79 valence electrons. The highest BCUT2D eigenvalue weighted by molar-refractivity contribution is 5.48. The van der Waals surface area contributed by atoms with Gasteiger partial charge in [0.25, 0.3) is 0 Å². The molecule has 2 heterocycles. The second kappa shape index (κ2) is 4.75. The number of ether oxygens (including phenoxy) is 1. The van der Waals surface area contributed by atoms with Crippen molar-refractivity contribution in [3.05, 3.63) is 0 Å². The lowest BCUT2D eigenvalue weighted by Crippen LogP contribution is -2.53. The van der Waals surface area contributed by atoms with Crippen LogP contribution in [0.4, 0.5) is 0 Å². The quantitative estimate of drug-likeness (QED) is 0.634. The van der Waals surface area contributed by atoms with Crippen molar-refractivity contribution in [2.24, 2.45) is 0 Å². The van der Waals surface area contributed by atoms with E-state index < -0.39 is 0 Å². The van der Waals surface area contributed by atoms with Gasteiger partial charge in [0.2, 0.25) is 0 Å². The van der Waals surface area contributed by atoms with Crippen LogP contribution in [0.1, 0.15) is 19.3 Å². The van der Waals surface area contributed by atoms with Gasteiger partial charge >= 0.3 is 6.41 Å². The zero-order valence-electron chi connectivity index (χ0n) is 8.45. The Morgan fingerprint density at radius 1 is 1.14 bits per heavy atom. The van der Waals surface area contributed by atoms with Gasteiger partial charge in [-0.3, -0.25) is 9.69 Å². The molecule has 0 aromatic carbocycles. The summed E-state index contributed by atoms with van der Waals surface area (Å²) in [5.74, 6) is 0. The van der Waals surface area contributed by atoms with Gasteiger partial charge in [0.05, 0.1) is 19.4 Å². The predicted molar refractivity (Wildman–Crippen MR) is 52.4 cm³/mol. The van der Waals surface area contributed by atoms with Crippen molar-refractivity contribution < 1.29 is 9.53 Å². The van der Waals surface area contributed by atoms with Crippen molar-refractivity contribution in [1.82, 2.24) is 9.80 Å². The normalized spacial score (nSPS) is 30.3. The topological polar surface area (TPSA) is 32.8 Å². The van der Waals surface area contributed by atoms with Crippen molar-refractivity contribution in [3.63, 3.8) is 0 Å². The number of carbonyl (C=O) groups excluding carboxylic acids is 1. The predicted octanol–water partition coefficient (Wildman–Crippen LogP) is 0.198. The number of likely N-dealkylation sites (tertiary alicyclic amines) is 1. The van der Waals surface area contributed by atoms with Crippen LogP contribution in [0.3, 0.4) is 0 Å². The Hall–Kier alpha value is -0.610. The van der Waals surface area contributed by atoms with Crippen LogP contribution in [0.25, 0.3) is 0 Å². The lowest BCUT2D eigenvalue weighted by molar-refractivity contribution is -0.0259. The Balaban J connectivity index is 1.94. The molecule has 1 atom stereocenters. The van der Waals surface area contributed by atoms with E-state index in [1.165, 1.54) is 6.42 Å². The first kappa shape index (κ1) is 9.93. The van der Waals surface area contributed by atoms with Gasteiger partial charge in [-0.1, -0.05) is 0 Å². The molecule has 4 nitrogen and oxygen atoms in total. The maximum absolute atomic E-state index is 10.8. The average Bonchev–Trinajstić information content (AvgIpc) is 2.30.